The summed E-state index contributed by atoms with van der Waals surface area (Å²) in [7, 11) is 6.71. The smallest absolute Gasteiger partial charge is 0.414 e. The Morgan fingerprint density at radius 3 is 2.38 bits per heavy atom. The Labute approximate surface area is 276 Å². The van der Waals surface area contributed by atoms with Crippen molar-refractivity contribution < 1.29 is 28.5 Å². The summed E-state index contributed by atoms with van der Waals surface area (Å²) in [6.45, 7) is 8.00. The minimum atomic E-state index is -0.689. The van der Waals surface area contributed by atoms with Crippen molar-refractivity contribution in [3.63, 3.8) is 0 Å². The van der Waals surface area contributed by atoms with Crippen LogP contribution in [-0.2, 0) is 25.4 Å². The van der Waals surface area contributed by atoms with Gasteiger partial charge in [0.2, 0.25) is 0 Å². The van der Waals surface area contributed by atoms with Gasteiger partial charge in [-0.05, 0) is 65.0 Å². The molecular weight excluding hydrogens is 602 g/mol. The first-order chi connectivity index (χ1) is 22.5. The van der Waals surface area contributed by atoms with Crippen molar-refractivity contribution in [2.24, 2.45) is 5.92 Å². The number of imidazole rings is 1. The van der Waals surface area contributed by atoms with Crippen LogP contribution in [0.1, 0.15) is 62.5 Å². The summed E-state index contributed by atoms with van der Waals surface area (Å²) in [5, 5.41) is 8.04. The number of piperidine rings is 1. The van der Waals surface area contributed by atoms with Gasteiger partial charge in [0.05, 0.1) is 24.0 Å². The number of carbonyl (C=O) groups excluding carboxylic acids is 2. The van der Waals surface area contributed by atoms with Crippen molar-refractivity contribution >= 4 is 40.5 Å². The lowest BCUT2D eigenvalue weighted by atomic mass is 9.89. The number of amides is 2. The molecule has 2 fully saturated rings. The molecule has 3 aliphatic rings. The Kier molecular flexibility index (Phi) is 9.32. The van der Waals surface area contributed by atoms with Crippen LogP contribution in [0.3, 0.4) is 0 Å². The molecule has 0 spiro atoms. The molecule has 1 aliphatic carbocycles. The van der Waals surface area contributed by atoms with Gasteiger partial charge in [0.1, 0.15) is 5.60 Å². The largest absolute Gasteiger partial charge is 0.443 e. The Morgan fingerprint density at radius 2 is 1.74 bits per heavy atom. The minimum absolute atomic E-state index is 0.0158. The lowest BCUT2D eigenvalue weighted by Crippen LogP contribution is -2.51. The third-order valence-corrected chi connectivity index (χ3v) is 9.54. The molecule has 2 aromatic heterocycles. The molecule has 1 N–H and O–H groups in total. The number of anilines is 4. The number of fused-ring (bicyclic) bond motifs is 2. The zero-order valence-electron chi connectivity index (χ0n) is 28.5. The van der Waals surface area contributed by atoms with E-state index in [1.807, 2.05) is 26.8 Å². The van der Waals surface area contributed by atoms with Gasteiger partial charge in [0.25, 0.3) is 5.91 Å². The van der Waals surface area contributed by atoms with Crippen molar-refractivity contribution in [3.05, 3.63) is 41.7 Å². The number of carbonyl (C=O) groups is 2. The van der Waals surface area contributed by atoms with Crippen LogP contribution in [0.2, 0.25) is 0 Å². The second-order valence-electron chi connectivity index (χ2n) is 13.6. The van der Waals surface area contributed by atoms with E-state index in [9.17, 15) is 9.59 Å². The number of ether oxygens (including phenoxy) is 4. The van der Waals surface area contributed by atoms with Gasteiger partial charge < -0.3 is 34.1 Å². The molecule has 0 radical (unpaired) electrons. The molecular formula is C34H47N7O6. The van der Waals surface area contributed by atoms with Gasteiger partial charge in [-0.15, -0.1) is 5.10 Å². The highest BCUT2D eigenvalue weighted by molar-refractivity contribution is 5.97. The van der Waals surface area contributed by atoms with Crippen LogP contribution in [0.15, 0.2) is 30.5 Å². The summed E-state index contributed by atoms with van der Waals surface area (Å²) in [5.41, 5.74) is 3.99. The minimum Gasteiger partial charge on any atom is -0.443 e. The van der Waals surface area contributed by atoms with E-state index in [1.54, 1.807) is 28.4 Å². The lowest BCUT2D eigenvalue weighted by Gasteiger charge is -2.37. The Bertz CT molecular complexity index is 1610. The van der Waals surface area contributed by atoms with Crippen molar-refractivity contribution in [2.75, 3.05) is 62.7 Å². The number of rotatable bonds is 9. The van der Waals surface area contributed by atoms with Gasteiger partial charge in [-0.25, -0.2) is 14.3 Å². The zero-order valence-corrected chi connectivity index (χ0v) is 28.5. The molecule has 0 unspecified atom stereocenters. The maximum atomic E-state index is 13.5. The molecule has 2 amide bonds. The number of nitrogens with zero attached hydrogens (tertiary/aromatic N) is 6. The second kappa shape index (κ2) is 13.3. The first-order valence-electron chi connectivity index (χ1n) is 16.4. The quantitative estimate of drug-likeness (QED) is 0.331. The van der Waals surface area contributed by atoms with Crippen LogP contribution in [0, 0.1) is 5.92 Å². The molecule has 13 nitrogen and oxygen atoms in total. The molecule has 47 heavy (non-hydrogen) atoms. The summed E-state index contributed by atoms with van der Waals surface area (Å²) in [6, 6.07) is 8.16. The highest BCUT2D eigenvalue weighted by atomic mass is 16.7. The zero-order chi connectivity index (χ0) is 33.5. The number of aromatic nitrogens is 3. The molecule has 13 heteroatoms. The van der Waals surface area contributed by atoms with E-state index >= 15 is 0 Å². The fourth-order valence-corrected chi connectivity index (χ4v) is 6.90. The van der Waals surface area contributed by atoms with Crippen LogP contribution in [0.25, 0.3) is 5.65 Å². The van der Waals surface area contributed by atoms with E-state index in [0.29, 0.717) is 29.6 Å². The third kappa shape index (κ3) is 6.48. The summed E-state index contributed by atoms with van der Waals surface area (Å²) in [5.74, 6) is 0.666. The number of nitrogens with one attached hydrogen (secondary N) is 1. The Balaban J connectivity index is 1.34. The van der Waals surface area contributed by atoms with Crippen LogP contribution >= 0.6 is 0 Å². The summed E-state index contributed by atoms with van der Waals surface area (Å²) < 4.78 is 23.8. The van der Waals surface area contributed by atoms with Crippen LogP contribution in [0.5, 0.6) is 0 Å². The van der Waals surface area contributed by atoms with Gasteiger partial charge in [0.15, 0.2) is 23.4 Å². The van der Waals surface area contributed by atoms with Gasteiger partial charge in [-0.3, -0.25) is 9.69 Å². The Morgan fingerprint density at radius 1 is 1.02 bits per heavy atom. The van der Waals surface area contributed by atoms with Crippen LogP contribution in [-0.4, -0.2) is 98.6 Å². The molecule has 1 aromatic carbocycles. The molecule has 1 saturated heterocycles. The SMILES string of the molecule is COC(OC)C1CCN(c2cccc3c2CCN3c2cc(N(C)C(=O)OC(C)(C)C)c3ncc(C(=O)N[C@@H]4CC[C@H]4OC)n3n2)CC1. The van der Waals surface area contributed by atoms with Gasteiger partial charge >= 0.3 is 6.09 Å². The van der Waals surface area contributed by atoms with Crippen molar-refractivity contribution in [3.8, 4) is 0 Å². The molecule has 3 aromatic rings. The predicted molar refractivity (Wildman–Crippen MR) is 179 cm³/mol. The van der Waals surface area contributed by atoms with E-state index in [4.69, 9.17) is 24.0 Å². The second-order valence-corrected chi connectivity index (χ2v) is 13.6. The van der Waals surface area contributed by atoms with Crippen molar-refractivity contribution in [2.45, 2.75) is 76.9 Å². The molecule has 0 bridgehead atoms. The summed E-state index contributed by atoms with van der Waals surface area (Å²) in [4.78, 5) is 37.4. The number of methoxy groups -OCH3 is 3. The van der Waals surface area contributed by atoms with Crippen LogP contribution in [0.4, 0.5) is 27.7 Å². The first-order valence-corrected chi connectivity index (χ1v) is 16.4. The average molecular weight is 650 g/mol. The van der Waals surface area contributed by atoms with Crippen molar-refractivity contribution in [1.82, 2.24) is 19.9 Å². The highest BCUT2D eigenvalue weighted by Gasteiger charge is 2.35. The molecule has 254 valence electrons. The summed E-state index contributed by atoms with van der Waals surface area (Å²) in [6.07, 6.45) is 5.31. The first kappa shape index (κ1) is 33.0. The molecule has 6 rings (SSSR count). The van der Waals surface area contributed by atoms with Crippen LogP contribution < -0.4 is 20.0 Å². The number of hydrogen-bond donors (Lipinski definition) is 1. The molecule has 2 aliphatic heterocycles. The molecule has 4 heterocycles. The van der Waals surface area contributed by atoms with E-state index in [-0.39, 0.29) is 30.0 Å². The monoisotopic (exact) mass is 649 g/mol. The summed E-state index contributed by atoms with van der Waals surface area (Å²) >= 11 is 0. The number of hydrogen-bond acceptors (Lipinski definition) is 10. The third-order valence-electron chi connectivity index (χ3n) is 9.54. The molecule has 1 saturated carbocycles. The van der Waals surface area contributed by atoms with Crippen molar-refractivity contribution in [1.29, 1.82) is 0 Å². The maximum Gasteiger partial charge on any atom is 0.414 e. The topological polar surface area (TPSA) is 123 Å². The highest BCUT2D eigenvalue weighted by Crippen LogP contribution is 2.41. The van der Waals surface area contributed by atoms with E-state index in [0.717, 1.165) is 50.9 Å². The van der Waals surface area contributed by atoms with E-state index in [1.165, 1.54) is 26.9 Å². The predicted octanol–water partition coefficient (Wildman–Crippen LogP) is 4.54. The van der Waals surface area contributed by atoms with Gasteiger partial charge in [0, 0.05) is 76.9 Å². The van der Waals surface area contributed by atoms with E-state index in [2.05, 4.69) is 38.3 Å². The molecule has 2 atom stereocenters. The van der Waals surface area contributed by atoms with E-state index < -0.39 is 11.7 Å². The lowest BCUT2D eigenvalue weighted by molar-refractivity contribution is -0.141. The maximum absolute atomic E-state index is 13.5. The van der Waals surface area contributed by atoms with Gasteiger partial charge in [-0.1, -0.05) is 6.07 Å². The fraction of sp³-hybridized carbons (Fsp3) is 0.588. The fourth-order valence-electron chi connectivity index (χ4n) is 6.90. The number of benzene rings is 1. The Hall–Kier alpha value is -3.94. The normalized spacial score (nSPS) is 20.0. The average Bonchev–Trinajstić information content (AvgIpc) is 3.67. The van der Waals surface area contributed by atoms with Gasteiger partial charge in [-0.2, -0.15) is 0 Å². The standard InChI is InChI=1S/C34H47N7O6/c1-34(2,3)47-33(43)38(4)26-19-29(37-41-27(20-35-30(26)41)31(42)36-23-11-12-28(23)44-5)40-18-15-22-24(9-8-10-25(22)40)39-16-13-21(14-17-39)32(45-6)46-7/h8-10,19-21,23,28,32H,11-18H2,1-7H3,(H,36,42)/t23-,28-/m1/s1.